The lowest BCUT2D eigenvalue weighted by Crippen LogP contribution is -2.27. The van der Waals surface area contributed by atoms with Crippen molar-refractivity contribution in [1.29, 1.82) is 0 Å². The van der Waals surface area contributed by atoms with Gasteiger partial charge in [0, 0.05) is 18.8 Å². The molecular weight excluding hydrogens is 315 g/mol. The topological polar surface area (TPSA) is 12.5 Å². The van der Waals surface area contributed by atoms with Crippen molar-refractivity contribution in [2.75, 3.05) is 18.6 Å². The zero-order valence-electron chi connectivity index (χ0n) is 14.1. The van der Waals surface area contributed by atoms with Crippen LogP contribution in [0.1, 0.15) is 25.0 Å². The molecule has 0 spiro atoms. The van der Waals surface area contributed by atoms with Gasteiger partial charge in [0.15, 0.2) is 0 Å². The lowest BCUT2D eigenvalue weighted by molar-refractivity contribution is -0.137. The SMILES string of the molecule is COc1ccc(N(Cc2ccc(C(F)(F)F)cc2)CC(C)C)cc1. The van der Waals surface area contributed by atoms with Crippen LogP contribution in [-0.4, -0.2) is 13.7 Å². The van der Waals surface area contributed by atoms with E-state index < -0.39 is 11.7 Å². The Kier molecular flexibility index (Phi) is 5.75. The van der Waals surface area contributed by atoms with Gasteiger partial charge in [-0.15, -0.1) is 0 Å². The van der Waals surface area contributed by atoms with Gasteiger partial charge in [-0.1, -0.05) is 26.0 Å². The summed E-state index contributed by atoms with van der Waals surface area (Å²) in [4.78, 5) is 2.16. The maximum atomic E-state index is 12.7. The van der Waals surface area contributed by atoms with Gasteiger partial charge in [-0.2, -0.15) is 13.2 Å². The number of halogens is 3. The highest BCUT2D eigenvalue weighted by molar-refractivity contribution is 5.49. The molecule has 130 valence electrons. The van der Waals surface area contributed by atoms with Crippen LogP contribution in [0, 0.1) is 5.92 Å². The highest BCUT2D eigenvalue weighted by atomic mass is 19.4. The first-order chi connectivity index (χ1) is 11.3. The molecule has 0 fully saturated rings. The molecule has 0 saturated carbocycles. The second-order valence-electron chi connectivity index (χ2n) is 6.17. The Balaban J connectivity index is 2.19. The number of anilines is 1. The van der Waals surface area contributed by atoms with Crippen LogP contribution in [0.15, 0.2) is 48.5 Å². The number of rotatable bonds is 6. The highest BCUT2D eigenvalue weighted by Gasteiger charge is 2.29. The van der Waals surface area contributed by atoms with Gasteiger partial charge < -0.3 is 9.64 Å². The van der Waals surface area contributed by atoms with Crippen LogP contribution in [0.5, 0.6) is 5.75 Å². The summed E-state index contributed by atoms with van der Waals surface area (Å²) in [6, 6.07) is 13.1. The van der Waals surface area contributed by atoms with E-state index in [1.165, 1.54) is 0 Å². The van der Waals surface area contributed by atoms with E-state index in [0.717, 1.165) is 35.7 Å². The molecule has 0 aliphatic carbocycles. The predicted octanol–water partition coefficient (Wildman–Crippen LogP) is 5.38. The van der Waals surface area contributed by atoms with Gasteiger partial charge in [0.1, 0.15) is 5.75 Å². The summed E-state index contributed by atoms with van der Waals surface area (Å²) in [6.07, 6.45) is -4.30. The van der Waals surface area contributed by atoms with Gasteiger partial charge in [-0.05, 0) is 47.9 Å². The molecule has 2 aromatic rings. The van der Waals surface area contributed by atoms with Crippen LogP contribution in [0.4, 0.5) is 18.9 Å². The minimum absolute atomic E-state index is 0.432. The van der Waals surface area contributed by atoms with E-state index in [4.69, 9.17) is 4.74 Å². The van der Waals surface area contributed by atoms with Gasteiger partial charge >= 0.3 is 6.18 Å². The summed E-state index contributed by atoms with van der Waals surface area (Å²) >= 11 is 0. The first-order valence-corrected chi connectivity index (χ1v) is 7.84. The number of hydrogen-bond acceptors (Lipinski definition) is 2. The second-order valence-corrected chi connectivity index (χ2v) is 6.17. The van der Waals surface area contributed by atoms with Crippen LogP contribution in [0.25, 0.3) is 0 Å². The molecule has 0 bridgehead atoms. The van der Waals surface area contributed by atoms with E-state index in [9.17, 15) is 13.2 Å². The smallest absolute Gasteiger partial charge is 0.416 e. The number of nitrogens with zero attached hydrogens (tertiary/aromatic N) is 1. The third-order valence-corrected chi connectivity index (χ3v) is 3.68. The van der Waals surface area contributed by atoms with Crippen LogP contribution in [-0.2, 0) is 12.7 Å². The van der Waals surface area contributed by atoms with Crippen molar-refractivity contribution in [3.8, 4) is 5.75 Å². The van der Waals surface area contributed by atoms with Crippen molar-refractivity contribution in [3.05, 3.63) is 59.7 Å². The Bertz CT molecular complexity index is 633. The normalized spacial score (nSPS) is 11.6. The predicted molar refractivity (Wildman–Crippen MR) is 90.3 cm³/mol. The van der Waals surface area contributed by atoms with E-state index in [0.29, 0.717) is 12.5 Å². The average molecular weight is 337 g/mol. The molecule has 0 aliphatic rings. The lowest BCUT2D eigenvalue weighted by atomic mass is 10.1. The second kappa shape index (κ2) is 7.60. The fourth-order valence-corrected chi connectivity index (χ4v) is 2.51. The molecule has 0 radical (unpaired) electrons. The Morgan fingerprint density at radius 2 is 1.54 bits per heavy atom. The number of hydrogen-bond donors (Lipinski definition) is 0. The third kappa shape index (κ3) is 4.91. The highest BCUT2D eigenvalue weighted by Crippen LogP contribution is 2.29. The van der Waals surface area contributed by atoms with E-state index in [2.05, 4.69) is 18.7 Å². The van der Waals surface area contributed by atoms with E-state index >= 15 is 0 Å². The Morgan fingerprint density at radius 1 is 0.958 bits per heavy atom. The van der Waals surface area contributed by atoms with Gasteiger partial charge in [0.2, 0.25) is 0 Å². The number of methoxy groups -OCH3 is 1. The number of alkyl halides is 3. The number of ether oxygens (including phenoxy) is 1. The monoisotopic (exact) mass is 337 g/mol. The minimum atomic E-state index is -4.30. The van der Waals surface area contributed by atoms with Crippen molar-refractivity contribution < 1.29 is 17.9 Å². The molecular formula is C19H22F3NO. The van der Waals surface area contributed by atoms with E-state index in [1.807, 2.05) is 24.3 Å². The van der Waals surface area contributed by atoms with Crippen LogP contribution in [0.3, 0.4) is 0 Å². The van der Waals surface area contributed by atoms with Gasteiger partial charge in [0.25, 0.3) is 0 Å². The Labute approximate surface area is 140 Å². The summed E-state index contributed by atoms with van der Waals surface area (Å²) in [6.45, 7) is 5.60. The molecule has 0 N–H and O–H groups in total. The fraction of sp³-hybridized carbons (Fsp3) is 0.368. The van der Waals surface area contributed by atoms with Crippen LogP contribution in [0.2, 0.25) is 0 Å². The summed E-state index contributed by atoms with van der Waals surface area (Å²) in [5.74, 6) is 1.21. The van der Waals surface area contributed by atoms with E-state index in [1.54, 1.807) is 19.2 Å². The molecule has 0 unspecified atom stereocenters. The average Bonchev–Trinajstić information content (AvgIpc) is 2.53. The van der Waals surface area contributed by atoms with Crippen molar-refractivity contribution in [1.82, 2.24) is 0 Å². The molecule has 2 rings (SSSR count). The third-order valence-electron chi connectivity index (χ3n) is 3.68. The molecule has 0 heterocycles. The fourth-order valence-electron chi connectivity index (χ4n) is 2.51. The summed E-state index contributed by atoms with van der Waals surface area (Å²) in [5, 5.41) is 0. The maximum Gasteiger partial charge on any atom is 0.416 e. The molecule has 0 aliphatic heterocycles. The largest absolute Gasteiger partial charge is 0.497 e. The molecule has 5 heteroatoms. The van der Waals surface area contributed by atoms with Gasteiger partial charge in [-0.25, -0.2) is 0 Å². The van der Waals surface area contributed by atoms with Crippen molar-refractivity contribution in [2.24, 2.45) is 5.92 Å². The van der Waals surface area contributed by atoms with Crippen molar-refractivity contribution in [2.45, 2.75) is 26.6 Å². The Hall–Kier alpha value is -2.17. The van der Waals surface area contributed by atoms with Crippen LogP contribution < -0.4 is 9.64 Å². The lowest BCUT2D eigenvalue weighted by Gasteiger charge is -2.27. The molecule has 0 saturated heterocycles. The molecule has 2 aromatic carbocycles. The standard InChI is InChI=1S/C19H22F3NO/c1-14(2)12-23(17-8-10-18(24-3)11-9-17)13-15-4-6-16(7-5-15)19(20,21)22/h4-11,14H,12-13H2,1-3H3. The first kappa shape index (κ1) is 18.2. The Morgan fingerprint density at radius 3 is 2.00 bits per heavy atom. The van der Waals surface area contributed by atoms with Gasteiger partial charge in [-0.3, -0.25) is 0 Å². The minimum Gasteiger partial charge on any atom is -0.497 e. The van der Waals surface area contributed by atoms with Gasteiger partial charge in [0.05, 0.1) is 12.7 Å². The molecule has 24 heavy (non-hydrogen) atoms. The summed E-state index contributed by atoms with van der Waals surface area (Å²) < 4.78 is 43.2. The molecule has 0 atom stereocenters. The first-order valence-electron chi connectivity index (χ1n) is 7.84. The molecule has 0 amide bonds. The quantitative estimate of drug-likeness (QED) is 0.702. The summed E-state index contributed by atoms with van der Waals surface area (Å²) in [5.41, 5.74) is 1.25. The van der Waals surface area contributed by atoms with Crippen LogP contribution >= 0.6 is 0 Å². The molecule has 0 aromatic heterocycles. The summed E-state index contributed by atoms with van der Waals surface area (Å²) in [7, 11) is 1.61. The maximum absolute atomic E-state index is 12.7. The number of benzene rings is 2. The zero-order valence-corrected chi connectivity index (χ0v) is 14.1. The zero-order chi connectivity index (χ0) is 17.7. The van der Waals surface area contributed by atoms with Crippen molar-refractivity contribution in [3.63, 3.8) is 0 Å². The van der Waals surface area contributed by atoms with Crippen molar-refractivity contribution >= 4 is 5.69 Å². The molecule has 2 nitrogen and oxygen atoms in total. The van der Waals surface area contributed by atoms with E-state index in [-0.39, 0.29) is 0 Å².